The molecule has 2 aliphatic rings. The first-order valence-electron chi connectivity index (χ1n) is 5.98. The van der Waals surface area contributed by atoms with E-state index in [0.29, 0.717) is 6.54 Å². The molecule has 1 aliphatic carbocycles. The number of hydrogen-bond acceptors (Lipinski definition) is 3. The zero-order valence-electron chi connectivity index (χ0n) is 10.2. The van der Waals surface area contributed by atoms with Gasteiger partial charge in [-0.2, -0.15) is 0 Å². The Labute approximate surface area is 96.2 Å². The molecule has 0 bridgehead atoms. The van der Waals surface area contributed by atoms with Crippen molar-refractivity contribution in [2.45, 2.75) is 39.7 Å². The van der Waals surface area contributed by atoms with E-state index in [1.807, 2.05) is 20.8 Å². The number of fused-ring (bicyclic) bond motifs is 1. The van der Waals surface area contributed by atoms with Gasteiger partial charge >= 0.3 is 0 Å². The monoisotopic (exact) mass is 224 g/mol. The molecule has 4 heteroatoms. The second-order valence-electron chi connectivity index (χ2n) is 5.72. The van der Waals surface area contributed by atoms with Crippen molar-refractivity contribution < 1.29 is 9.59 Å². The van der Waals surface area contributed by atoms with E-state index in [-0.39, 0.29) is 35.1 Å². The lowest BCUT2D eigenvalue weighted by atomic mass is 10.1. The Kier molecular flexibility index (Phi) is 2.57. The molecule has 2 amide bonds. The summed E-state index contributed by atoms with van der Waals surface area (Å²) in [7, 11) is 0. The highest BCUT2D eigenvalue weighted by Gasteiger charge is 2.72. The molecule has 0 aromatic heterocycles. The lowest BCUT2D eigenvalue weighted by Gasteiger charge is -2.20. The van der Waals surface area contributed by atoms with Crippen molar-refractivity contribution in [3.8, 4) is 0 Å². The van der Waals surface area contributed by atoms with E-state index >= 15 is 0 Å². The van der Waals surface area contributed by atoms with Crippen LogP contribution in [0.4, 0.5) is 0 Å². The number of amides is 2. The summed E-state index contributed by atoms with van der Waals surface area (Å²) in [6.07, 6.45) is 1.67. The number of carbonyl (C=O) groups excluding carboxylic acids is 2. The number of nitrogens with two attached hydrogens (primary N) is 1. The first-order chi connectivity index (χ1) is 7.37. The Morgan fingerprint density at radius 2 is 1.81 bits per heavy atom. The quantitative estimate of drug-likeness (QED) is 0.717. The predicted octanol–water partition coefficient (Wildman–Crippen LogP) is 0.755. The van der Waals surface area contributed by atoms with E-state index in [4.69, 9.17) is 5.73 Å². The Morgan fingerprint density at radius 3 is 2.25 bits per heavy atom. The molecule has 0 radical (unpaired) electrons. The van der Waals surface area contributed by atoms with E-state index in [2.05, 4.69) is 0 Å². The first-order valence-corrected chi connectivity index (χ1v) is 5.98. The summed E-state index contributed by atoms with van der Waals surface area (Å²) in [6.45, 7) is 6.48. The van der Waals surface area contributed by atoms with Crippen LogP contribution >= 0.6 is 0 Å². The molecule has 90 valence electrons. The lowest BCUT2D eigenvalue weighted by molar-refractivity contribution is -0.143. The standard InChI is InChI=1S/C12H20N2O2/c1-7(13)5-4-6-14-10(15)8-9(11(14)16)12(8,2)3/h7-9H,4-6,13H2,1-3H3. The van der Waals surface area contributed by atoms with Gasteiger partial charge in [-0.3, -0.25) is 14.5 Å². The third kappa shape index (κ3) is 1.56. The molecule has 1 saturated carbocycles. The largest absolute Gasteiger partial charge is 0.328 e. The molecule has 4 nitrogen and oxygen atoms in total. The molecule has 1 aliphatic heterocycles. The number of carbonyl (C=O) groups is 2. The summed E-state index contributed by atoms with van der Waals surface area (Å²) in [5.41, 5.74) is 5.55. The average Bonchev–Trinajstić information content (AvgIpc) is 2.62. The molecule has 1 heterocycles. The summed E-state index contributed by atoms with van der Waals surface area (Å²) in [6, 6.07) is 0.138. The Bertz CT molecular complexity index is 312. The molecule has 16 heavy (non-hydrogen) atoms. The number of nitrogens with zero attached hydrogens (tertiary/aromatic N) is 1. The second kappa shape index (κ2) is 3.55. The Balaban J connectivity index is 1.91. The van der Waals surface area contributed by atoms with Gasteiger partial charge in [-0.15, -0.1) is 0 Å². The zero-order chi connectivity index (χ0) is 12.1. The van der Waals surface area contributed by atoms with Crippen LogP contribution < -0.4 is 5.73 Å². The number of hydrogen-bond donors (Lipinski definition) is 1. The SMILES string of the molecule is CC(N)CCCN1C(=O)C2C(C1=O)C2(C)C. The fourth-order valence-electron chi connectivity index (χ4n) is 2.80. The molecule has 0 aromatic rings. The van der Waals surface area contributed by atoms with Gasteiger partial charge in [0.25, 0.3) is 0 Å². The number of piperidine rings is 1. The Hall–Kier alpha value is -0.900. The van der Waals surface area contributed by atoms with E-state index in [9.17, 15) is 9.59 Å². The Morgan fingerprint density at radius 1 is 1.31 bits per heavy atom. The fraction of sp³-hybridized carbons (Fsp3) is 0.833. The number of imide groups is 1. The smallest absolute Gasteiger partial charge is 0.233 e. The lowest BCUT2D eigenvalue weighted by Crippen LogP contribution is -2.37. The third-order valence-corrected chi connectivity index (χ3v) is 3.93. The van der Waals surface area contributed by atoms with Gasteiger partial charge in [0, 0.05) is 12.6 Å². The van der Waals surface area contributed by atoms with Gasteiger partial charge in [0.15, 0.2) is 0 Å². The maximum absolute atomic E-state index is 11.9. The van der Waals surface area contributed by atoms with Crippen LogP contribution in [0.25, 0.3) is 0 Å². The van der Waals surface area contributed by atoms with Crippen LogP contribution in [0, 0.1) is 17.3 Å². The van der Waals surface area contributed by atoms with Crippen molar-refractivity contribution >= 4 is 11.8 Å². The minimum atomic E-state index is -0.0914. The molecular formula is C12H20N2O2. The number of likely N-dealkylation sites (tertiary alicyclic amines) is 1. The van der Waals surface area contributed by atoms with Gasteiger partial charge in [0.1, 0.15) is 0 Å². The average molecular weight is 224 g/mol. The summed E-state index contributed by atoms with van der Waals surface area (Å²) in [4.78, 5) is 25.3. The number of rotatable bonds is 4. The molecule has 2 rings (SSSR count). The van der Waals surface area contributed by atoms with Gasteiger partial charge < -0.3 is 5.73 Å². The summed E-state index contributed by atoms with van der Waals surface area (Å²) in [5, 5.41) is 0. The molecule has 2 fully saturated rings. The highest BCUT2D eigenvalue weighted by Crippen LogP contribution is 2.63. The van der Waals surface area contributed by atoms with Crippen molar-refractivity contribution in [3.63, 3.8) is 0 Å². The topological polar surface area (TPSA) is 63.4 Å². The maximum atomic E-state index is 11.9. The zero-order valence-corrected chi connectivity index (χ0v) is 10.2. The van der Waals surface area contributed by atoms with Crippen LogP contribution in [0.2, 0.25) is 0 Å². The van der Waals surface area contributed by atoms with Crippen LogP contribution in [-0.4, -0.2) is 29.3 Å². The maximum Gasteiger partial charge on any atom is 0.233 e. The van der Waals surface area contributed by atoms with Crippen molar-refractivity contribution in [2.24, 2.45) is 23.0 Å². The van der Waals surface area contributed by atoms with E-state index in [1.165, 1.54) is 4.90 Å². The molecule has 0 aromatic carbocycles. The van der Waals surface area contributed by atoms with Crippen LogP contribution in [0.15, 0.2) is 0 Å². The minimum absolute atomic E-state index is 0.0321. The second-order valence-corrected chi connectivity index (χ2v) is 5.72. The van der Waals surface area contributed by atoms with Crippen molar-refractivity contribution in [2.75, 3.05) is 6.54 Å². The first kappa shape index (κ1) is 11.6. The summed E-state index contributed by atoms with van der Waals surface area (Å²) in [5.74, 6) is -0.0278. The molecule has 1 saturated heterocycles. The van der Waals surface area contributed by atoms with Crippen LogP contribution in [-0.2, 0) is 9.59 Å². The normalized spacial score (nSPS) is 32.9. The van der Waals surface area contributed by atoms with Crippen LogP contribution in [0.5, 0.6) is 0 Å². The van der Waals surface area contributed by atoms with Gasteiger partial charge in [-0.05, 0) is 25.2 Å². The fourth-order valence-corrected chi connectivity index (χ4v) is 2.80. The highest BCUT2D eigenvalue weighted by molar-refractivity contribution is 6.10. The molecule has 3 unspecified atom stereocenters. The van der Waals surface area contributed by atoms with Crippen molar-refractivity contribution in [1.29, 1.82) is 0 Å². The van der Waals surface area contributed by atoms with Crippen molar-refractivity contribution in [3.05, 3.63) is 0 Å². The summed E-state index contributed by atoms with van der Waals surface area (Å²) >= 11 is 0. The minimum Gasteiger partial charge on any atom is -0.328 e. The van der Waals surface area contributed by atoms with Crippen molar-refractivity contribution in [1.82, 2.24) is 4.90 Å². The van der Waals surface area contributed by atoms with Gasteiger partial charge in [-0.1, -0.05) is 13.8 Å². The van der Waals surface area contributed by atoms with Crippen LogP contribution in [0.3, 0.4) is 0 Å². The molecule has 2 N–H and O–H groups in total. The van der Waals surface area contributed by atoms with Gasteiger partial charge in [-0.25, -0.2) is 0 Å². The predicted molar refractivity (Wildman–Crippen MR) is 60.4 cm³/mol. The molecule has 0 spiro atoms. The van der Waals surface area contributed by atoms with E-state index < -0.39 is 0 Å². The van der Waals surface area contributed by atoms with Gasteiger partial charge in [0.2, 0.25) is 11.8 Å². The van der Waals surface area contributed by atoms with E-state index in [1.54, 1.807) is 0 Å². The molecule has 3 atom stereocenters. The highest BCUT2D eigenvalue weighted by atomic mass is 16.2. The summed E-state index contributed by atoms with van der Waals surface area (Å²) < 4.78 is 0. The van der Waals surface area contributed by atoms with E-state index in [0.717, 1.165) is 12.8 Å². The third-order valence-electron chi connectivity index (χ3n) is 3.93. The molecular weight excluding hydrogens is 204 g/mol. The van der Waals surface area contributed by atoms with Crippen LogP contribution in [0.1, 0.15) is 33.6 Å². The van der Waals surface area contributed by atoms with Gasteiger partial charge in [0.05, 0.1) is 11.8 Å².